The van der Waals surface area contributed by atoms with Crippen LogP contribution in [0.5, 0.6) is 0 Å². The van der Waals surface area contributed by atoms with Gasteiger partial charge in [-0.3, -0.25) is 14.7 Å². The molecular formula is C12H18NO4P. The summed E-state index contributed by atoms with van der Waals surface area (Å²) in [4.78, 5) is 10.1. The minimum absolute atomic E-state index is 0.0418. The first-order valence-corrected chi connectivity index (χ1v) is 7.92. The first kappa shape index (κ1) is 14.9. The maximum absolute atomic E-state index is 12.2. The maximum Gasteiger partial charge on any atom is 0.269 e. The van der Waals surface area contributed by atoms with Gasteiger partial charge in [-0.2, -0.15) is 0 Å². The molecule has 18 heavy (non-hydrogen) atoms. The molecule has 0 bridgehead atoms. The van der Waals surface area contributed by atoms with Crippen LogP contribution in [0.25, 0.3) is 0 Å². The van der Waals surface area contributed by atoms with E-state index < -0.39 is 12.3 Å². The zero-order valence-corrected chi connectivity index (χ0v) is 11.7. The molecule has 100 valence electrons. The molecule has 5 nitrogen and oxygen atoms in total. The smallest absolute Gasteiger partial charge is 0.269 e. The maximum atomic E-state index is 12.2. The monoisotopic (exact) mass is 271 g/mol. The van der Waals surface area contributed by atoms with Gasteiger partial charge in [-0.1, -0.05) is 13.8 Å². The van der Waals surface area contributed by atoms with E-state index in [4.69, 9.17) is 4.52 Å². The molecule has 0 aliphatic carbocycles. The highest BCUT2D eigenvalue weighted by molar-refractivity contribution is 7.58. The molecule has 0 spiro atoms. The summed E-state index contributed by atoms with van der Waals surface area (Å²) in [6.45, 7) is 5.48. The average molecular weight is 271 g/mol. The lowest BCUT2D eigenvalue weighted by atomic mass is 10.1. The fourth-order valence-corrected chi connectivity index (χ4v) is 3.03. The first-order chi connectivity index (χ1) is 8.41. The first-order valence-electron chi connectivity index (χ1n) is 5.92. The van der Waals surface area contributed by atoms with Crippen LogP contribution in [0.4, 0.5) is 5.69 Å². The zero-order valence-electron chi connectivity index (χ0n) is 10.8. The number of non-ortho nitro benzene ring substituents is 1. The number of hydrogen-bond donors (Lipinski definition) is 0. The molecule has 1 unspecified atom stereocenters. The van der Waals surface area contributed by atoms with Crippen LogP contribution in [0.3, 0.4) is 0 Å². The number of nitro groups is 1. The molecule has 0 saturated carbocycles. The third-order valence-corrected chi connectivity index (χ3v) is 5.51. The van der Waals surface area contributed by atoms with Gasteiger partial charge < -0.3 is 4.52 Å². The van der Waals surface area contributed by atoms with Crippen molar-refractivity contribution in [2.24, 2.45) is 0 Å². The fourth-order valence-electron chi connectivity index (χ4n) is 1.59. The molecule has 0 heterocycles. The molecule has 0 N–H and O–H groups in total. The molecule has 0 fully saturated rings. The molecule has 0 aromatic heterocycles. The summed E-state index contributed by atoms with van der Waals surface area (Å²) in [7, 11) is -2.57. The van der Waals surface area contributed by atoms with Gasteiger partial charge >= 0.3 is 0 Å². The summed E-state index contributed by atoms with van der Waals surface area (Å²) >= 11 is 0. The Morgan fingerprint density at radius 2 is 1.78 bits per heavy atom. The topological polar surface area (TPSA) is 69.4 Å². The molecule has 1 aromatic carbocycles. The van der Waals surface area contributed by atoms with Crippen LogP contribution < -0.4 is 0 Å². The second-order valence-electron chi connectivity index (χ2n) is 4.04. The molecule has 0 saturated heterocycles. The van der Waals surface area contributed by atoms with Crippen molar-refractivity contribution in [1.82, 2.24) is 0 Å². The molecule has 6 heteroatoms. The van der Waals surface area contributed by atoms with E-state index in [-0.39, 0.29) is 11.8 Å². The summed E-state index contributed by atoms with van der Waals surface area (Å²) in [5, 5.41) is 10.5. The minimum atomic E-state index is -2.57. The van der Waals surface area contributed by atoms with Gasteiger partial charge in [0.05, 0.1) is 11.0 Å². The summed E-state index contributed by atoms with van der Waals surface area (Å²) in [5.41, 5.74) is 0.836. The van der Waals surface area contributed by atoms with Crippen molar-refractivity contribution in [2.75, 3.05) is 12.3 Å². The normalized spacial score (nSPS) is 13.3. The molecule has 0 aliphatic rings. The third-order valence-electron chi connectivity index (χ3n) is 2.89. The van der Waals surface area contributed by atoms with Gasteiger partial charge in [-0.15, -0.1) is 0 Å². The van der Waals surface area contributed by atoms with Crippen molar-refractivity contribution >= 4 is 13.1 Å². The lowest BCUT2D eigenvalue weighted by Crippen LogP contribution is -2.02. The summed E-state index contributed by atoms with van der Waals surface area (Å²) < 4.78 is 17.8. The Morgan fingerprint density at radius 1 is 1.28 bits per heavy atom. The highest BCUT2D eigenvalue weighted by Gasteiger charge is 2.22. The van der Waals surface area contributed by atoms with Gasteiger partial charge in [0.1, 0.15) is 0 Å². The van der Waals surface area contributed by atoms with E-state index in [1.165, 1.54) is 12.1 Å². The number of nitro benzene ring substituents is 1. The highest BCUT2D eigenvalue weighted by Crippen LogP contribution is 2.49. The van der Waals surface area contributed by atoms with E-state index in [1.54, 1.807) is 19.1 Å². The highest BCUT2D eigenvalue weighted by atomic mass is 31.2. The van der Waals surface area contributed by atoms with Gasteiger partial charge in [-0.05, 0) is 24.6 Å². The van der Waals surface area contributed by atoms with Crippen LogP contribution in [0.1, 0.15) is 32.4 Å². The number of rotatable bonds is 6. The molecule has 1 aromatic rings. The Labute approximate surface area is 107 Å². The Kier molecular flexibility index (Phi) is 5.05. The summed E-state index contributed by atoms with van der Waals surface area (Å²) in [6, 6.07) is 6.13. The molecular weight excluding hydrogens is 253 g/mol. The van der Waals surface area contributed by atoms with Gasteiger partial charge in [0.2, 0.25) is 7.37 Å². The van der Waals surface area contributed by atoms with Crippen LogP contribution in [0.15, 0.2) is 24.3 Å². The van der Waals surface area contributed by atoms with E-state index in [9.17, 15) is 14.7 Å². The molecule has 1 rings (SSSR count). The van der Waals surface area contributed by atoms with Crippen LogP contribution in [-0.4, -0.2) is 17.2 Å². The SMILES string of the molecule is CCP(=O)(CC)OC(C)c1ccc([N+](=O)[O-])cc1. The fraction of sp³-hybridized carbons (Fsp3) is 0.500. The third kappa shape index (κ3) is 3.65. The van der Waals surface area contributed by atoms with E-state index in [2.05, 4.69) is 0 Å². The molecule has 1 atom stereocenters. The van der Waals surface area contributed by atoms with Gasteiger partial charge in [0.25, 0.3) is 5.69 Å². The number of hydrogen-bond acceptors (Lipinski definition) is 4. The van der Waals surface area contributed by atoms with Gasteiger partial charge in [0, 0.05) is 24.5 Å². The predicted molar refractivity (Wildman–Crippen MR) is 71.3 cm³/mol. The Bertz CT molecular complexity index is 450. The number of benzene rings is 1. The largest absolute Gasteiger partial charge is 0.321 e. The Morgan fingerprint density at radius 3 is 2.17 bits per heavy atom. The standard InChI is InChI=1S/C12H18NO4P/c1-4-18(16,5-2)17-10(3)11-6-8-12(9-7-11)13(14)15/h6-10H,4-5H2,1-3H3. The van der Waals surface area contributed by atoms with Crippen LogP contribution in [-0.2, 0) is 9.09 Å². The van der Waals surface area contributed by atoms with Crippen LogP contribution >= 0.6 is 7.37 Å². The zero-order chi connectivity index (χ0) is 13.8. The van der Waals surface area contributed by atoms with E-state index >= 15 is 0 Å². The second kappa shape index (κ2) is 6.12. The van der Waals surface area contributed by atoms with Crippen molar-refractivity contribution < 1.29 is 14.0 Å². The molecule has 0 amide bonds. The predicted octanol–water partition coefficient (Wildman–Crippen LogP) is 3.99. The second-order valence-corrected chi connectivity index (χ2v) is 7.15. The van der Waals surface area contributed by atoms with Crippen molar-refractivity contribution in [3.63, 3.8) is 0 Å². The van der Waals surface area contributed by atoms with E-state index in [1.807, 2.05) is 13.8 Å². The summed E-state index contributed by atoms with van der Waals surface area (Å²) in [5.74, 6) is 0. The lowest BCUT2D eigenvalue weighted by Gasteiger charge is -2.20. The van der Waals surface area contributed by atoms with Crippen LogP contribution in [0, 0.1) is 10.1 Å². The van der Waals surface area contributed by atoms with Gasteiger partial charge in [-0.25, -0.2) is 0 Å². The van der Waals surface area contributed by atoms with Gasteiger partial charge in [0.15, 0.2) is 0 Å². The summed E-state index contributed by atoms with van der Waals surface area (Å²) in [6.07, 6.45) is 0.679. The van der Waals surface area contributed by atoms with Crippen molar-refractivity contribution in [3.8, 4) is 0 Å². The molecule has 0 radical (unpaired) electrons. The minimum Gasteiger partial charge on any atom is -0.321 e. The van der Waals surface area contributed by atoms with Crippen molar-refractivity contribution in [2.45, 2.75) is 26.9 Å². The average Bonchev–Trinajstić information content (AvgIpc) is 2.38. The van der Waals surface area contributed by atoms with E-state index in [0.29, 0.717) is 12.3 Å². The van der Waals surface area contributed by atoms with Crippen LogP contribution in [0.2, 0.25) is 0 Å². The quantitative estimate of drug-likeness (QED) is 0.445. The van der Waals surface area contributed by atoms with Crippen molar-refractivity contribution in [1.29, 1.82) is 0 Å². The number of nitrogens with zero attached hydrogens (tertiary/aromatic N) is 1. The molecule has 0 aliphatic heterocycles. The lowest BCUT2D eigenvalue weighted by molar-refractivity contribution is -0.384. The van der Waals surface area contributed by atoms with Crippen molar-refractivity contribution in [3.05, 3.63) is 39.9 Å². The Hall–Kier alpha value is -1.19. The van der Waals surface area contributed by atoms with E-state index in [0.717, 1.165) is 5.56 Å². The Balaban J connectivity index is 2.81.